The second-order valence-electron chi connectivity index (χ2n) is 3.36. The van der Waals surface area contributed by atoms with Crippen molar-refractivity contribution in [3.05, 3.63) is 18.2 Å². The van der Waals surface area contributed by atoms with E-state index >= 15 is 0 Å². The number of hydrogen-bond acceptors (Lipinski definition) is 3. The van der Waals surface area contributed by atoms with Crippen molar-refractivity contribution in [3.63, 3.8) is 0 Å². The van der Waals surface area contributed by atoms with Crippen molar-refractivity contribution in [2.24, 2.45) is 0 Å². The van der Waals surface area contributed by atoms with Crippen LogP contribution >= 0.6 is 0 Å². The van der Waals surface area contributed by atoms with Gasteiger partial charge in [-0.2, -0.15) is 0 Å². The van der Waals surface area contributed by atoms with Gasteiger partial charge in [-0.05, 0) is 7.05 Å². The summed E-state index contributed by atoms with van der Waals surface area (Å²) in [6.07, 6.45) is 3.03. The number of aromatic amines is 1. The van der Waals surface area contributed by atoms with Crippen LogP contribution in [-0.2, 0) is 0 Å². The normalized spacial score (nSPS) is 18.2. The molecule has 2 heterocycles. The van der Waals surface area contributed by atoms with E-state index in [1.54, 1.807) is 0 Å². The van der Waals surface area contributed by atoms with Gasteiger partial charge in [-0.1, -0.05) is 0 Å². The largest absolute Gasteiger partial charge is 0.345 e. The zero-order valence-electron chi connectivity index (χ0n) is 7.45. The van der Waals surface area contributed by atoms with E-state index < -0.39 is 0 Å². The number of carbonyl (C=O) groups is 1. The summed E-state index contributed by atoms with van der Waals surface area (Å²) in [5.41, 5.74) is 0.523. The monoisotopic (exact) mass is 180 g/mol. The smallest absolute Gasteiger partial charge is 0.269 e. The number of rotatable bonds is 2. The van der Waals surface area contributed by atoms with Crippen LogP contribution in [0.5, 0.6) is 0 Å². The average Bonchev–Trinajstić information content (AvgIpc) is 2.53. The summed E-state index contributed by atoms with van der Waals surface area (Å²) in [4.78, 5) is 20.1. The molecule has 1 aliphatic heterocycles. The van der Waals surface area contributed by atoms with Crippen LogP contribution in [0.15, 0.2) is 12.5 Å². The van der Waals surface area contributed by atoms with Gasteiger partial charge in [0.1, 0.15) is 5.69 Å². The number of aromatic nitrogens is 2. The number of carbonyl (C=O) groups excluding carboxylic acids is 1. The van der Waals surface area contributed by atoms with Gasteiger partial charge in [0.05, 0.1) is 18.6 Å². The first-order valence-electron chi connectivity index (χ1n) is 4.23. The van der Waals surface area contributed by atoms with Crippen molar-refractivity contribution in [2.75, 3.05) is 20.1 Å². The fraction of sp³-hybridized carbons (Fsp3) is 0.500. The lowest BCUT2D eigenvalue weighted by Crippen LogP contribution is -2.57. The van der Waals surface area contributed by atoms with Gasteiger partial charge < -0.3 is 15.2 Å². The predicted molar refractivity (Wildman–Crippen MR) is 47.3 cm³/mol. The van der Waals surface area contributed by atoms with Gasteiger partial charge in [-0.15, -0.1) is 0 Å². The highest BCUT2D eigenvalue weighted by Gasteiger charge is 2.25. The summed E-state index contributed by atoms with van der Waals surface area (Å²) < 4.78 is 0. The maximum Gasteiger partial charge on any atom is 0.269 e. The van der Waals surface area contributed by atoms with Crippen molar-refractivity contribution in [1.29, 1.82) is 0 Å². The fourth-order valence-corrected chi connectivity index (χ4v) is 1.43. The van der Waals surface area contributed by atoms with Crippen molar-refractivity contribution in [2.45, 2.75) is 6.04 Å². The fourth-order valence-electron chi connectivity index (χ4n) is 1.43. The molecule has 0 spiro atoms. The molecule has 13 heavy (non-hydrogen) atoms. The molecule has 1 aromatic rings. The quantitative estimate of drug-likeness (QED) is 0.642. The summed E-state index contributed by atoms with van der Waals surface area (Å²) in [5.74, 6) is -0.0735. The number of amides is 1. The van der Waals surface area contributed by atoms with E-state index in [0.717, 1.165) is 13.1 Å². The molecule has 70 valence electrons. The summed E-state index contributed by atoms with van der Waals surface area (Å²) in [6.45, 7) is 1.86. The summed E-state index contributed by atoms with van der Waals surface area (Å²) in [7, 11) is 2.03. The van der Waals surface area contributed by atoms with E-state index in [9.17, 15) is 4.79 Å². The molecule has 1 fully saturated rings. The summed E-state index contributed by atoms with van der Waals surface area (Å²) >= 11 is 0. The highest BCUT2D eigenvalue weighted by atomic mass is 16.2. The molecule has 0 radical (unpaired) electrons. The van der Waals surface area contributed by atoms with Crippen LogP contribution in [0, 0.1) is 0 Å². The lowest BCUT2D eigenvalue weighted by atomic mass is 10.1. The Hall–Kier alpha value is -1.36. The molecular weight excluding hydrogens is 168 g/mol. The van der Waals surface area contributed by atoms with E-state index in [2.05, 4.69) is 20.2 Å². The van der Waals surface area contributed by atoms with Crippen LogP contribution in [0.25, 0.3) is 0 Å². The molecule has 0 bridgehead atoms. The first kappa shape index (κ1) is 8.25. The lowest BCUT2D eigenvalue weighted by molar-refractivity contribution is 0.0853. The zero-order valence-corrected chi connectivity index (χ0v) is 7.45. The number of hydrogen-bond donors (Lipinski definition) is 2. The van der Waals surface area contributed by atoms with E-state index in [-0.39, 0.29) is 5.91 Å². The van der Waals surface area contributed by atoms with Gasteiger partial charge in [0.25, 0.3) is 5.91 Å². The molecule has 1 aliphatic rings. The van der Waals surface area contributed by atoms with Crippen molar-refractivity contribution in [1.82, 2.24) is 20.2 Å². The van der Waals surface area contributed by atoms with Crippen LogP contribution in [0.3, 0.4) is 0 Å². The van der Waals surface area contributed by atoms with Gasteiger partial charge in [0, 0.05) is 13.1 Å². The van der Waals surface area contributed by atoms with Gasteiger partial charge in [-0.25, -0.2) is 4.98 Å². The number of nitrogens with zero attached hydrogens (tertiary/aromatic N) is 2. The molecule has 0 atom stereocenters. The van der Waals surface area contributed by atoms with Crippen LogP contribution in [0.4, 0.5) is 0 Å². The topological polar surface area (TPSA) is 61.0 Å². The van der Waals surface area contributed by atoms with Crippen molar-refractivity contribution < 1.29 is 4.79 Å². The Morgan fingerprint density at radius 3 is 3.08 bits per heavy atom. The van der Waals surface area contributed by atoms with Gasteiger partial charge >= 0.3 is 0 Å². The summed E-state index contributed by atoms with van der Waals surface area (Å²) in [5, 5.41) is 2.90. The average molecular weight is 180 g/mol. The molecule has 5 heteroatoms. The Balaban J connectivity index is 1.86. The molecule has 1 aromatic heterocycles. The molecule has 0 aliphatic carbocycles. The Morgan fingerprint density at radius 1 is 1.77 bits per heavy atom. The van der Waals surface area contributed by atoms with E-state index in [0.29, 0.717) is 11.7 Å². The Morgan fingerprint density at radius 2 is 2.54 bits per heavy atom. The molecule has 2 rings (SSSR count). The number of H-pyrrole nitrogens is 1. The molecular formula is C8H12N4O. The minimum atomic E-state index is -0.0735. The number of imidazole rings is 1. The number of likely N-dealkylation sites (N-methyl/N-ethyl adjacent to an activating group) is 1. The maximum atomic E-state index is 11.4. The molecule has 0 saturated carbocycles. The first-order chi connectivity index (χ1) is 6.25. The Kier molecular flexibility index (Phi) is 2.02. The molecule has 0 unspecified atom stereocenters. The second-order valence-corrected chi connectivity index (χ2v) is 3.36. The highest BCUT2D eigenvalue weighted by Crippen LogP contribution is 2.04. The molecule has 5 nitrogen and oxygen atoms in total. The SMILES string of the molecule is CN1CC(NC(=O)c2cnc[nH]2)C1. The van der Waals surface area contributed by atoms with E-state index in [4.69, 9.17) is 0 Å². The second kappa shape index (κ2) is 3.18. The third-order valence-corrected chi connectivity index (χ3v) is 2.14. The predicted octanol–water partition coefficient (Wildman–Crippen LogP) is -0.547. The van der Waals surface area contributed by atoms with Crippen LogP contribution in [0.1, 0.15) is 10.5 Å². The van der Waals surface area contributed by atoms with Gasteiger partial charge in [0.15, 0.2) is 0 Å². The lowest BCUT2D eigenvalue weighted by Gasteiger charge is -2.36. The van der Waals surface area contributed by atoms with Crippen molar-refractivity contribution in [3.8, 4) is 0 Å². The molecule has 1 saturated heterocycles. The van der Waals surface area contributed by atoms with Gasteiger partial charge in [-0.3, -0.25) is 4.79 Å². The first-order valence-corrected chi connectivity index (χ1v) is 4.23. The molecule has 0 aromatic carbocycles. The minimum absolute atomic E-state index is 0.0735. The zero-order chi connectivity index (χ0) is 9.26. The third-order valence-electron chi connectivity index (χ3n) is 2.14. The van der Waals surface area contributed by atoms with Crippen molar-refractivity contribution >= 4 is 5.91 Å². The molecule has 2 N–H and O–H groups in total. The molecule has 1 amide bonds. The highest BCUT2D eigenvalue weighted by molar-refractivity contribution is 5.92. The van der Waals surface area contributed by atoms with E-state index in [1.807, 2.05) is 7.05 Å². The van der Waals surface area contributed by atoms with Crippen LogP contribution < -0.4 is 5.32 Å². The van der Waals surface area contributed by atoms with Crippen LogP contribution in [0.2, 0.25) is 0 Å². The minimum Gasteiger partial charge on any atom is -0.345 e. The van der Waals surface area contributed by atoms with Crippen LogP contribution in [-0.4, -0.2) is 47.0 Å². The van der Waals surface area contributed by atoms with Gasteiger partial charge in [0.2, 0.25) is 0 Å². The van der Waals surface area contributed by atoms with E-state index in [1.165, 1.54) is 12.5 Å². The Labute approximate surface area is 76.2 Å². The maximum absolute atomic E-state index is 11.4. The standard InChI is InChI=1S/C8H12N4O/c1-12-3-6(4-12)11-8(13)7-2-9-5-10-7/h2,5-6H,3-4H2,1H3,(H,9,10)(H,11,13). The third kappa shape index (κ3) is 1.70. The number of likely N-dealkylation sites (tertiary alicyclic amines) is 1. The number of nitrogens with one attached hydrogen (secondary N) is 2. The summed E-state index contributed by atoms with van der Waals surface area (Å²) in [6, 6.07) is 0.292. The Bertz CT molecular complexity index is 289.